The molecule has 1 heterocycles. The van der Waals surface area contributed by atoms with Crippen LogP contribution in [0.15, 0.2) is 24.3 Å². The van der Waals surface area contributed by atoms with Gasteiger partial charge in [0, 0.05) is 12.5 Å². The lowest BCUT2D eigenvalue weighted by Crippen LogP contribution is -2.29. The molecular weight excluding hydrogens is 298 g/mol. The summed E-state index contributed by atoms with van der Waals surface area (Å²) in [5, 5.41) is 3.15. The number of carbonyl (C=O) groups is 1. The highest BCUT2D eigenvalue weighted by Crippen LogP contribution is 2.30. The van der Waals surface area contributed by atoms with Crippen molar-refractivity contribution in [2.75, 3.05) is 0 Å². The van der Waals surface area contributed by atoms with Gasteiger partial charge in [-0.25, -0.2) is 4.98 Å². The third-order valence-corrected chi connectivity index (χ3v) is 4.86. The molecule has 24 heavy (non-hydrogen) atoms. The molecule has 1 N–H and O–H groups in total. The quantitative estimate of drug-likeness (QED) is 0.685. The van der Waals surface area contributed by atoms with Gasteiger partial charge in [0.25, 0.3) is 0 Å². The molecule has 4 nitrogen and oxygen atoms in total. The van der Waals surface area contributed by atoms with Crippen LogP contribution in [0, 0.1) is 5.92 Å². The lowest BCUT2D eigenvalue weighted by molar-refractivity contribution is -0.123. The minimum atomic E-state index is -0.0406. The van der Waals surface area contributed by atoms with E-state index in [9.17, 15) is 4.79 Å². The average molecular weight is 327 g/mol. The second-order valence-electron chi connectivity index (χ2n) is 7.03. The van der Waals surface area contributed by atoms with E-state index in [0.717, 1.165) is 37.1 Å². The summed E-state index contributed by atoms with van der Waals surface area (Å²) in [5.74, 6) is 1.41. The van der Waals surface area contributed by atoms with E-state index in [1.54, 1.807) is 0 Å². The van der Waals surface area contributed by atoms with Crippen molar-refractivity contribution in [3.8, 4) is 0 Å². The highest BCUT2D eigenvalue weighted by atomic mass is 16.2. The zero-order valence-electron chi connectivity index (χ0n) is 14.9. The SMILES string of the molecule is CCCCCCCn1c(C(C)NC(=O)C2CC2)nc2ccccc21. The third-order valence-electron chi connectivity index (χ3n) is 4.86. The molecule has 0 saturated heterocycles. The summed E-state index contributed by atoms with van der Waals surface area (Å²) < 4.78 is 2.30. The van der Waals surface area contributed by atoms with Crippen molar-refractivity contribution < 1.29 is 4.79 Å². The fraction of sp³-hybridized carbons (Fsp3) is 0.600. The van der Waals surface area contributed by atoms with Crippen LogP contribution in [0.1, 0.15) is 70.7 Å². The molecule has 1 atom stereocenters. The van der Waals surface area contributed by atoms with Crippen LogP contribution >= 0.6 is 0 Å². The summed E-state index contributed by atoms with van der Waals surface area (Å²) in [6.07, 6.45) is 8.36. The Morgan fingerprint density at radius 1 is 1.25 bits per heavy atom. The molecule has 0 aliphatic heterocycles. The summed E-state index contributed by atoms with van der Waals surface area (Å²) in [6.45, 7) is 5.27. The largest absolute Gasteiger partial charge is 0.346 e. The maximum atomic E-state index is 12.1. The molecular formula is C20H29N3O. The molecule has 2 aromatic rings. The Bertz CT molecular complexity index is 687. The van der Waals surface area contributed by atoms with Crippen molar-refractivity contribution in [2.24, 2.45) is 5.92 Å². The molecule has 1 fully saturated rings. The Labute approximate surface area is 144 Å². The first-order valence-electron chi connectivity index (χ1n) is 9.46. The number of fused-ring (bicyclic) bond motifs is 1. The number of carbonyl (C=O) groups excluding carboxylic acids is 1. The molecule has 1 saturated carbocycles. The van der Waals surface area contributed by atoms with Gasteiger partial charge in [0.05, 0.1) is 17.1 Å². The van der Waals surface area contributed by atoms with Gasteiger partial charge in [-0.05, 0) is 38.3 Å². The van der Waals surface area contributed by atoms with Crippen LogP contribution in [0.4, 0.5) is 0 Å². The molecule has 1 aliphatic carbocycles. The van der Waals surface area contributed by atoms with E-state index in [2.05, 4.69) is 41.9 Å². The number of hydrogen-bond acceptors (Lipinski definition) is 2. The number of unbranched alkanes of at least 4 members (excludes halogenated alkanes) is 4. The highest BCUT2D eigenvalue weighted by molar-refractivity contribution is 5.81. The van der Waals surface area contributed by atoms with Gasteiger partial charge in [-0.15, -0.1) is 0 Å². The van der Waals surface area contributed by atoms with Crippen LogP contribution in [-0.2, 0) is 11.3 Å². The van der Waals surface area contributed by atoms with E-state index in [1.807, 2.05) is 6.07 Å². The van der Waals surface area contributed by atoms with Gasteiger partial charge < -0.3 is 9.88 Å². The predicted octanol–water partition coefficient (Wildman–Crippen LogP) is 4.59. The van der Waals surface area contributed by atoms with Crippen molar-refractivity contribution in [3.05, 3.63) is 30.1 Å². The minimum Gasteiger partial charge on any atom is -0.346 e. The number of imidazole rings is 1. The van der Waals surface area contributed by atoms with E-state index in [4.69, 9.17) is 4.98 Å². The number of aromatic nitrogens is 2. The first kappa shape index (κ1) is 17.0. The van der Waals surface area contributed by atoms with Crippen LogP contribution in [0.5, 0.6) is 0 Å². The molecule has 0 radical (unpaired) electrons. The number of hydrogen-bond donors (Lipinski definition) is 1. The van der Waals surface area contributed by atoms with E-state index in [1.165, 1.54) is 31.2 Å². The van der Waals surface area contributed by atoms with E-state index in [0.29, 0.717) is 0 Å². The van der Waals surface area contributed by atoms with Crippen molar-refractivity contribution in [3.63, 3.8) is 0 Å². The molecule has 3 rings (SSSR count). The lowest BCUT2D eigenvalue weighted by Gasteiger charge is -2.16. The van der Waals surface area contributed by atoms with E-state index < -0.39 is 0 Å². The fourth-order valence-corrected chi connectivity index (χ4v) is 3.27. The van der Waals surface area contributed by atoms with E-state index in [-0.39, 0.29) is 17.9 Å². The van der Waals surface area contributed by atoms with Crippen molar-refractivity contribution in [2.45, 2.75) is 71.4 Å². The molecule has 1 amide bonds. The molecule has 0 spiro atoms. The zero-order chi connectivity index (χ0) is 16.9. The average Bonchev–Trinajstić information content (AvgIpc) is 3.37. The van der Waals surface area contributed by atoms with Gasteiger partial charge in [0.2, 0.25) is 5.91 Å². The monoisotopic (exact) mass is 327 g/mol. The van der Waals surface area contributed by atoms with Gasteiger partial charge in [-0.1, -0.05) is 44.7 Å². The first-order valence-corrected chi connectivity index (χ1v) is 9.46. The number of rotatable bonds is 9. The predicted molar refractivity (Wildman–Crippen MR) is 97.8 cm³/mol. The Hall–Kier alpha value is -1.84. The second kappa shape index (κ2) is 7.82. The Morgan fingerprint density at radius 3 is 2.75 bits per heavy atom. The Morgan fingerprint density at radius 2 is 2.00 bits per heavy atom. The van der Waals surface area contributed by atoms with Crippen LogP contribution < -0.4 is 5.32 Å². The van der Waals surface area contributed by atoms with Crippen molar-refractivity contribution in [1.82, 2.24) is 14.9 Å². The van der Waals surface area contributed by atoms with E-state index >= 15 is 0 Å². The molecule has 0 bridgehead atoms. The number of para-hydroxylation sites is 2. The van der Waals surface area contributed by atoms with Crippen LogP contribution in [-0.4, -0.2) is 15.5 Å². The lowest BCUT2D eigenvalue weighted by atomic mass is 10.1. The summed E-state index contributed by atoms with van der Waals surface area (Å²) in [5.41, 5.74) is 2.20. The van der Waals surface area contributed by atoms with Crippen LogP contribution in [0.2, 0.25) is 0 Å². The third kappa shape index (κ3) is 3.97. The number of benzene rings is 1. The molecule has 1 aromatic heterocycles. The van der Waals surface area contributed by atoms with Gasteiger partial charge in [0.1, 0.15) is 5.82 Å². The normalized spacial score (nSPS) is 15.6. The Balaban J connectivity index is 1.74. The maximum Gasteiger partial charge on any atom is 0.223 e. The van der Waals surface area contributed by atoms with Crippen molar-refractivity contribution in [1.29, 1.82) is 0 Å². The highest BCUT2D eigenvalue weighted by Gasteiger charge is 2.31. The molecule has 1 aromatic carbocycles. The van der Waals surface area contributed by atoms with Crippen molar-refractivity contribution >= 4 is 16.9 Å². The Kier molecular flexibility index (Phi) is 5.54. The van der Waals surface area contributed by atoms with Gasteiger partial charge in [0.15, 0.2) is 0 Å². The fourth-order valence-electron chi connectivity index (χ4n) is 3.27. The number of nitrogens with one attached hydrogen (secondary N) is 1. The summed E-state index contributed by atoms with van der Waals surface area (Å²) in [6, 6.07) is 8.24. The molecule has 130 valence electrons. The summed E-state index contributed by atoms with van der Waals surface area (Å²) in [4.78, 5) is 16.9. The maximum absolute atomic E-state index is 12.1. The van der Waals surface area contributed by atoms with Crippen LogP contribution in [0.3, 0.4) is 0 Å². The number of amides is 1. The minimum absolute atomic E-state index is 0.0406. The molecule has 1 aliphatic rings. The second-order valence-corrected chi connectivity index (χ2v) is 7.03. The standard InChI is InChI=1S/C20H29N3O/c1-3-4-5-6-9-14-23-18-11-8-7-10-17(18)22-19(23)15(2)21-20(24)16-12-13-16/h7-8,10-11,15-16H,3-6,9,12-14H2,1-2H3,(H,21,24). The zero-order valence-corrected chi connectivity index (χ0v) is 14.9. The molecule has 4 heteroatoms. The first-order chi connectivity index (χ1) is 11.7. The number of aryl methyl sites for hydroxylation is 1. The van der Waals surface area contributed by atoms with Crippen LogP contribution in [0.25, 0.3) is 11.0 Å². The summed E-state index contributed by atoms with van der Waals surface area (Å²) in [7, 11) is 0. The van der Waals surface area contributed by atoms with Gasteiger partial charge in [-0.3, -0.25) is 4.79 Å². The smallest absolute Gasteiger partial charge is 0.223 e. The summed E-state index contributed by atoms with van der Waals surface area (Å²) >= 11 is 0. The molecule has 1 unspecified atom stereocenters. The number of nitrogens with zero attached hydrogens (tertiary/aromatic N) is 2. The van der Waals surface area contributed by atoms with Gasteiger partial charge in [-0.2, -0.15) is 0 Å². The topological polar surface area (TPSA) is 46.9 Å². The van der Waals surface area contributed by atoms with Gasteiger partial charge >= 0.3 is 0 Å².